The van der Waals surface area contributed by atoms with Crippen LogP contribution in [0, 0.1) is 5.92 Å². The van der Waals surface area contributed by atoms with Crippen LogP contribution in [0.1, 0.15) is 48.0 Å². The molecule has 0 fully saturated rings. The van der Waals surface area contributed by atoms with Crippen molar-refractivity contribution >= 4 is 0 Å². The van der Waals surface area contributed by atoms with Crippen molar-refractivity contribution in [3.05, 3.63) is 87.8 Å². The van der Waals surface area contributed by atoms with E-state index in [1.54, 1.807) is 53.4 Å². The van der Waals surface area contributed by atoms with Crippen LogP contribution in [0.3, 0.4) is 0 Å². The van der Waals surface area contributed by atoms with Crippen LogP contribution >= 0.6 is 0 Å². The summed E-state index contributed by atoms with van der Waals surface area (Å²) in [5.74, 6) is 1.59. The summed E-state index contributed by atoms with van der Waals surface area (Å²) in [6.45, 7) is 7.58. The predicted molar refractivity (Wildman–Crippen MR) is 129 cm³/mol. The molecule has 0 aliphatic heterocycles. The van der Waals surface area contributed by atoms with Gasteiger partial charge in [0, 0.05) is 0 Å². The Morgan fingerprint density at radius 2 is 1.48 bits per heavy atom. The van der Waals surface area contributed by atoms with E-state index in [2.05, 4.69) is 79.4 Å². The van der Waals surface area contributed by atoms with Gasteiger partial charge in [0.25, 0.3) is 0 Å². The predicted octanol–water partition coefficient (Wildman–Crippen LogP) is 7.34. The molecule has 0 N–H and O–H groups in total. The van der Waals surface area contributed by atoms with Gasteiger partial charge in [-0.3, -0.25) is 0 Å². The third-order valence-electron chi connectivity index (χ3n) is 4.37. The molecule has 0 radical (unpaired) electrons. The first kappa shape index (κ1) is 30.2. The summed E-state index contributed by atoms with van der Waals surface area (Å²) in [5.41, 5.74) is 4.41. The van der Waals surface area contributed by atoms with Crippen molar-refractivity contribution in [1.82, 2.24) is 0 Å². The molecule has 3 atom stereocenters. The fourth-order valence-corrected chi connectivity index (χ4v) is 4.00. The molecule has 0 amide bonds. The SMILES string of the molecule is C=CC(C)=CC.C[N-]C.C[N-]C.C[N-]C.[Ti+3][CH]1c2ccccc2C2C=CCCC12. The van der Waals surface area contributed by atoms with Crippen LogP contribution in [0.15, 0.2) is 60.7 Å². The zero-order valence-corrected chi connectivity index (χ0v) is 21.4. The van der Waals surface area contributed by atoms with Crippen LogP contribution in [-0.4, -0.2) is 42.3 Å². The molecule has 160 valence electrons. The van der Waals surface area contributed by atoms with Crippen LogP contribution in [-0.2, 0) is 20.4 Å². The summed E-state index contributed by atoms with van der Waals surface area (Å²) in [6.07, 6.45) is 11.3. The van der Waals surface area contributed by atoms with Crippen LogP contribution in [0.4, 0.5) is 0 Å². The molecule has 0 spiro atoms. The standard InChI is InChI=1S/C13H13.C6H10.3C2H6N.Ti/c1-3-7-12-10(5-1)9-11-6-2-4-8-13(11)12;1-4-6(3)5-2;3*1-3-2;/h1,3-5,7-9,11,13H,2,6H2;4-5H,1H2,2-3H3;3*1-2H3;/q;;3*-1;+3. The molecule has 0 saturated heterocycles. The second-order valence-electron chi connectivity index (χ2n) is 6.88. The molecule has 4 heteroatoms. The van der Waals surface area contributed by atoms with Crippen molar-refractivity contribution in [2.75, 3.05) is 42.3 Å². The van der Waals surface area contributed by atoms with E-state index in [-0.39, 0.29) is 0 Å². The van der Waals surface area contributed by atoms with Gasteiger partial charge in [0.05, 0.1) is 0 Å². The summed E-state index contributed by atoms with van der Waals surface area (Å²) >= 11 is 2.39. The van der Waals surface area contributed by atoms with E-state index in [1.165, 1.54) is 18.4 Å². The quantitative estimate of drug-likeness (QED) is 0.254. The van der Waals surface area contributed by atoms with Gasteiger partial charge >= 0.3 is 96.9 Å². The minimum absolute atomic E-state index is 0.718. The number of fused-ring (bicyclic) bond motifs is 3. The zero-order chi connectivity index (χ0) is 22.7. The van der Waals surface area contributed by atoms with Gasteiger partial charge in [0.15, 0.2) is 0 Å². The molecule has 3 unspecified atom stereocenters. The molecule has 3 rings (SSSR count). The Kier molecular flexibility index (Phi) is 21.2. The fourth-order valence-electron chi connectivity index (χ4n) is 3.01. The van der Waals surface area contributed by atoms with Crippen LogP contribution in [0.25, 0.3) is 16.0 Å². The third kappa shape index (κ3) is 12.4. The van der Waals surface area contributed by atoms with E-state index in [0.29, 0.717) is 0 Å². The molecule has 29 heavy (non-hydrogen) atoms. The molecule has 1 aromatic rings. The molecule has 0 heterocycles. The van der Waals surface area contributed by atoms with Crippen LogP contribution < -0.4 is 0 Å². The molecule has 0 bridgehead atoms. The first-order valence-electron chi connectivity index (χ1n) is 10.1. The molecule has 2 aliphatic rings. The number of benzene rings is 1. The van der Waals surface area contributed by atoms with Gasteiger partial charge in [-0.25, -0.2) is 0 Å². The summed E-state index contributed by atoms with van der Waals surface area (Å²) < 4.78 is 0.765. The van der Waals surface area contributed by atoms with Crippen LogP contribution in [0.5, 0.6) is 0 Å². The summed E-state index contributed by atoms with van der Waals surface area (Å²) in [4.78, 5) is 0. The van der Waals surface area contributed by atoms with E-state index in [9.17, 15) is 0 Å². The van der Waals surface area contributed by atoms with Gasteiger partial charge in [-0.2, -0.15) is 42.3 Å². The Bertz CT molecular complexity index is 576. The Hall–Kier alpha value is -0.966. The second-order valence-corrected chi connectivity index (χ2v) is 7.85. The van der Waals surface area contributed by atoms with Gasteiger partial charge < -0.3 is 16.0 Å². The van der Waals surface area contributed by atoms with Crippen molar-refractivity contribution < 1.29 is 20.4 Å². The van der Waals surface area contributed by atoms with Crippen molar-refractivity contribution in [1.29, 1.82) is 0 Å². The molecular weight excluding hydrogens is 390 g/mol. The fraction of sp³-hybridized carbons (Fsp3) is 0.520. The Morgan fingerprint density at radius 1 is 1.00 bits per heavy atom. The van der Waals surface area contributed by atoms with E-state index >= 15 is 0 Å². The zero-order valence-electron chi connectivity index (χ0n) is 19.8. The topological polar surface area (TPSA) is 42.3 Å². The van der Waals surface area contributed by atoms with Crippen molar-refractivity contribution in [3.8, 4) is 0 Å². The summed E-state index contributed by atoms with van der Waals surface area (Å²) in [6, 6.07) is 8.98. The average molecular weight is 431 g/mol. The Balaban J connectivity index is 0. The average Bonchev–Trinajstić information content (AvgIpc) is 3.03. The van der Waals surface area contributed by atoms with Gasteiger partial charge in [0.1, 0.15) is 0 Å². The number of nitrogens with zero attached hydrogens (tertiary/aromatic N) is 3. The van der Waals surface area contributed by atoms with Crippen molar-refractivity contribution in [3.63, 3.8) is 0 Å². The molecule has 0 aromatic heterocycles. The molecular formula is C25H41N3Ti. The molecule has 1 aromatic carbocycles. The number of hydrogen-bond acceptors (Lipinski definition) is 0. The van der Waals surface area contributed by atoms with Gasteiger partial charge in [0.2, 0.25) is 0 Å². The van der Waals surface area contributed by atoms with Gasteiger partial charge in [-0.15, -0.1) is 0 Å². The molecule has 3 nitrogen and oxygen atoms in total. The van der Waals surface area contributed by atoms with E-state index in [0.717, 1.165) is 16.1 Å². The monoisotopic (exact) mass is 431 g/mol. The van der Waals surface area contributed by atoms with E-state index < -0.39 is 0 Å². The van der Waals surface area contributed by atoms with Crippen molar-refractivity contribution in [2.24, 2.45) is 5.92 Å². The van der Waals surface area contributed by atoms with Gasteiger partial charge in [-0.05, 0) is 13.8 Å². The third-order valence-corrected chi connectivity index (χ3v) is 5.52. The first-order valence-corrected chi connectivity index (χ1v) is 11.0. The van der Waals surface area contributed by atoms with E-state index in [1.807, 2.05) is 26.0 Å². The second kappa shape index (κ2) is 20.3. The normalized spacial score (nSPS) is 20.6. The first-order chi connectivity index (χ1) is 13.9. The maximum atomic E-state index is 3.56. The molecule has 2 aliphatic carbocycles. The Labute approximate surface area is 192 Å². The maximum absolute atomic E-state index is 3.56. The Morgan fingerprint density at radius 3 is 1.90 bits per heavy atom. The number of rotatable bonds is 1. The van der Waals surface area contributed by atoms with E-state index in [4.69, 9.17) is 0 Å². The minimum atomic E-state index is 0.718. The number of hydrogen-bond donors (Lipinski definition) is 0. The van der Waals surface area contributed by atoms with Crippen LogP contribution in [0.2, 0.25) is 0 Å². The molecule has 0 saturated carbocycles. The van der Waals surface area contributed by atoms with Crippen molar-refractivity contribution in [2.45, 2.75) is 36.8 Å². The summed E-state index contributed by atoms with van der Waals surface area (Å²) in [7, 11) is 10.5. The summed E-state index contributed by atoms with van der Waals surface area (Å²) in [5, 5.41) is 10.5. The van der Waals surface area contributed by atoms with Gasteiger partial charge in [-0.1, -0.05) is 24.3 Å². The number of allylic oxidation sites excluding steroid dienone is 5.